The summed E-state index contributed by atoms with van der Waals surface area (Å²) >= 11 is 5.65. The number of ether oxygens (including phenoxy) is 1. The molecule has 13 heteroatoms. The molecule has 9 nitrogen and oxygen atoms in total. The molecule has 2 N–H and O–H groups in total. The van der Waals surface area contributed by atoms with Crippen LogP contribution in [0.4, 0.5) is 30.2 Å². The standard InChI is InChI=1S/C28H35F3N6O3S/c29-28(30,31)24-17-21(7-10-25(24)37(38)39)33-20-5-8-23(9-6-20)40-26-18-22(11-12-32-26)35-13-15-36(16-14-35)27(41)34-19-3-1-2-4-19/h7,10-12,17-20,23,33H,1-6,8-9,13-16H2,(H,34,41). The maximum absolute atomic E-state index is 13.3. The first-order valence-electron chi connectivity index (χ1n) is 14.2. The molecule has 5 rings (SSSR count). The molecule has 1 aliphatic heterocycles. The number of rotatable bonds is 7. The van der Waals surface area contributed by atoms with Crippen molar-refractivity contribution in [1.82, 2.24) is 15.2 Å². The number of nitrogens with one attached hydrogen (secondary N) is 2. The number of hydrogen-bond acceptors (Lipinski definition) is 7. The van der Waals surface area contributed by atoms with E-state index in [1.165, 1.54) is 31.7 Å². The number of halogens is 3. The van der Waals surface area contributed by atoms with Crippen molar-refractivity contribution in [2.75, 3.05) is 36.4 Å². The topological polar surface area (TPSA) is 95.8 Å². The van der Waals surface area contributed by atoms with Crippen LogP contribution in [-0.4, -0.2) is 64.3 Å². The lowest BCUT2D eigenvalue weighted by atomic mass is 9.92. The summed E-state index contributed by atoms with van der Waals surface area (Å²) in [6.07, 6.45) is 4.65. The Labute approximate surface area is 242 Å². The minimum Gasteiger partial charge on any atom is -0.474 e. The van der Waals surface area contributed by atoms with Crippen LogP contribution in [0.15, 0.2) is 36.5 Å². The second kappa shape index (κ2) is 12.7. The van der Waals surface area contributed by atoms with Gasteiger partial charge in [0.1, 0.15) is 11.7 Å². The minimum absolute atomic E-state index is 0.0470. The van der Waals surface area contributed by atoms with Gasteiger partial charge in [-0.05, 0) is 68.9 Å². The molecule has 0 radical (unpaired) electrons. The monoisotopic (exact) mass is 592 g/mol. The van der Waals surface area contributed by atoms with Gasteiger partial charge in [0, 0.05) is 68.0 Å². The summed E-state index contributed by atoms with van der Waals surface area (Å²) in [5.74, 6) is 0.560. The van der Waals surface area contributed by atoms with Crippen molar-refractivity contribution in [3.05, 3.63) is 52.2 Å². The van der Waals surface area contributed by atoms with E-state index in [0.717, 1.165) is 49.1 Å². The molecule has 1 aromatic carbocycles. The maximum Gasteiger partial charge on any atom is 0.423 e. The van der Waals surface area contributed by atoms with E-state index in [9.17, 15) is 23.3 Å². The van der Waals surface area contributed by atoms with Crippen molar-refractivity contribution in [3.8, 4) is 5.88 Å². The van der Waals surface area contributed by atoms with E-state index >= 15 is 0 Å². The first-order chi connectivity index (χ1) is 19.7. The average molecular weight is 593 g/mol. The van der Waals surface area contributed by atoms with E-state index in [1.54, 1.807) is 6.20 Å². The fraction of sp³-hybridized carbons (Fsp3) is 0.571. The van der Waals surface area contributed by atoms with Crippen molar-refractivity contribution >= 4 is 34.4 Å². The molecule has 41 heavy (non-hydrogen) atoms. The molecule has 2 aliphatic carbocycles. The van der Waals surface area contributed by atoms with Crippen molar-refractivity contribution in [3.63, 3.8) is 0 Å². The number of alkyl halides is 3. The zero-order valence-corrected chi connectivity index (χ0v) is 23.6. The molecule has 2 heterocycles. The van der Waals surface area contributed by atoms with E-state index in [2.05, 4.69) is 25.4 Å². The second-order valence-corrected chi connectivity index (χ2v) is 11.4. The highest BCUT2D eigenvalue weighted by Crippen LogP contribution is 2.38. The summed E-state index contributed by atoms with van der Waals surface area (Å²) in [5, 5.41) is 18.5. The van der Waals surface area contributed by atoms with Gasteiger partial charge in [-0.15, -0.1) is 0 Å². The van der Waals surface area contributed by atoms with Gasteiger partial charge in [-0.1, -0.05) is 12.8 Å². The lowest BCUT2D eigenvalue weighted by Gasteiger charge is -2.38. The molecule has 1 aromatic heterocycles. The summed E-state index contributed by atoms with van der Waals surface area (Å²) < 4.78 is 46.2. The van der Waals surface area contributed by atoms with Crippen LogP contribution in [0.3, 0.4) is 0 Å². The Bertz CT molecular complexity index is 1230. The van der Waals surface area contributed by atoms with Crippen LogP contribution in [0.25, 0.3) is 0 Å². The fourth-order valence-electron chi connectivity index (χ4n) is 5.91. The number of aromatic nitrogens is 1. The van der Waals surface area contributed by atoms with Crippen LogP contribution < -0.4 is 20.3 Å². The lowest BCUT2D eigenvalue weighted by Crippen LogP contribution is -2.53. The number of piperazine rings is 1. The number of thiocarbonyl (C=S) groups is 1. The number of hydrogen-bond donors (Lipinski definition) is 2. The quantitative estimate of drug-likeness (QED) is 0.237. The van der Waals surface area contributed by atoms with E-state index in [0.29, 0.717) is 37.6 Å². The minimum atomic E-state index is -4.81. The van der Waals surface area contributed by atoms with Crippen LogP contribution in [0.5, 0.6) is 5.88 Å². The van der Waals surface area contributed by atoms with Crippen LogP contribution in [0.2, 0.25) is 0 Å². The summed E-state index contributed by atoms with van der Waals surface area (Å²) in [5.41, 5.74) is -0.924. The first kappa shape index (κ1) is 29.2. The van der Waals surface area contributed by atoms with Gasteiger partial charge in [-0.25, -0.2) is 4.98 Å². The molecule has 3 aliphatic rings. The summed E-state index contributed by atoms with van der Waals surface area (Å²) in [6.45, 7) is 3.41. The SMILES string of the molecule is O=[N+]([O-])c1ccc(NC2CCC(Oc3cc(N4CCN(C(=S)NC5CCCC5)CC4)ccn3)CC2)cc1C(F)(F)F. The average Bonchev–Trinajstić information content (AvgIpc) is 3.47. The summed E-state index contributed by atoms with van der Waals surface area (Å²) in [7, 11) is 0. The smallest absolute Gasteiger partial charge is 0.423 e. The Hall–Kier alpha value is -3.35. The Morgan fingerprint density at radius 3 is 2.37 bits per heavy atom. The Kier molecular flexibility index (Phi) is 9.00. The van der Waals surface area contributed by atoms with Crippen LogP contribution in [0.1, 0.15) is 56.9 Å². The third-order valence-electron chi connectivity index (χ3n) is 8.16. The highest BCUT2D eigenvalue weighted by molar-refractivity contribution is 7.80. The molecule has 1 saturated heterocycles. The predicted octanol–water partition coefficient (Wildman–Crippen LogP) is 5.75. The molecule has 0 spiro atoms. The first-order valence-corrected chi connectivity index (χ1v) is 14.6. The highest BCUT2D eigenvalue weighted by Gasteiger charge is 2.38. The van der Waals surface area contributed by atoms with Gasteiger partial charge in [0.05, 0.1) is 4.92 Å². The molecular formula is C28H35F3N6O3S. The van der Waals surface area contributed by atoms with Crippen molar-refractivity contribution in [2.24, 2.45) is 0 Å². The molecule has 2 saturated carbocycles. The van der Waals surface area contributed by atoms with Gasteiger partial charge >= 0.3 is 6.18 Å². The Morgan fingerprint density at radius 2 is 1.71 bits per heavy atom. The molecule has 0 bridgehead atoms. The van der Waals surface area contributed by atoms with Gasteiger partial charge in [0.25, 0.3) is 5.69 Å². The maximum atomic E-state index is 13.3. The Balaban J connectivity index is 1.09. The van der Waals surface area contributed by atoms with Crippen LogP contribution in [0, 0.1) is 10.1 Å². The number of nitro benzene ring substituents is 1. The predicted molar refractivity (Wildman–Crippen MR) is 154 cm³/mol. The van der Waals surface area contributed by atoms with Gasteiger partial charge in [0.2, 0.25) is 5.88 Å². The van der Waals surface area contributed by atoms with E-state index in [1.807, 2.05) is 12.1 Å². The van der Waals surface area contributed by atoms with Gasteiger partial charge in [-0.3, -0.25) is 10.1 Å². The third-order valence-corrected chi connectivity index (χ3v) is 8.54. The normalized spacial score (nSPS) is 21.9. The van der Waals surface area contributed by atoms with Crippen molar-refractivity contribution in [1.29, 1.82) is 0 Å². The molecule has 0 atom stereocenters. The molecular weight excluding hydrogens is 557 g/mol. The third kappa shape index (κ3) is 7.49. The van der Waals surface area contributed by atoms with Crippen molar-refractivity contribution in [2.45, 2.75) is 75.7 Å². The van der Waals surface area contributed by atoms with Gasteiger partial charge < -0.3 is 25.2 Å². The Morgan fingerprint density at radius 1 is 1.00 bits per heavy atom. The second-order valence-electron chi connectivity index (χ2n) is 11.0. The number of nitro groups is 1. The zero-order chi connectivity index (χ0) is 29.0. The number of nitrogens with zero attached hydrogens (tertiary/aromatic N) is 4. The molecule has 0 unspecified atom stereocenters. The van der Waals surface area contributed by atoms with Crippen LogP contribution in [-0.2, 0) is 6.18 Å². The molecule has 222 valence electrons. The molecule has 2 aromatic rings. The van der Waals surface area contributed by atoms with Crippen LogP contribution >= 0.6 is 12.2 Å². The zero-order valence-electron chi connectivity index (χ0n) is 22.7. The number of benzene rings is 1. The summed E-state index contributed by atoms with van der Waals surface area (Å²) in [4.78, 5) is 19.0. The van der Waals surface area contributed by atoms with Crippen molar-refractivity contribution < 1.29 is 22.8 Å². The molecule has 0 amide bonds. The number of pyridine rings is 1. The number of anilines is 2. The largest absolute Gasteiger partial charge is 0.474 e. The van der Waals surface area contributed by atoms with E-state index in [4.69, 9.17) is 17.0 Å². The molecule has 3 fully saturated rings. The highest BCUT2D eigenvalue weighted by atomic mass is 32.1. The van der Waals surface area contributed by atoms with Gasteiger partial charge in [0.15, 0.2) is 5.11 Å². The lowest BCUT2D eigenvalue weighted by molar-refractivity contribution is -0.388. The summed E-state index contributed by atoms with van der Waals surface area (Å²) in [6, 6.07) is 7.45. The van der Waals surface area contributed by atoms with E-state index in [-0.39, 0.29) is 17.8 Å². The van der Waals surface area contributed by atoms with E-state index < -0.39 is 22.4 Å². The fourth-order valence-corrected chi connectivity index (χ4v) is 6.26. The van der Waals surface area contributed by atoms with Gasteiger partial charge in [-0.2, -0.15) is 13.2 Å².